The van der Waals surface area contributed by atoms with Crippen LogP contribution in [0.2, 0.25) is 0 Å². The Morgan fingerprint density at radius 3 is 2.00 bits per heavy atom. The average molecular weight is 615 g/mol. The van der Waals surface area contributed by atoms with Crippen LogP contribution in [-0.4, -0.2) is 18.4 Å². The molecular formula is C30H19F10NO2. The zero-order valence-electron chi connectivity index (χ0n) is 21.5. The molecule has 0 heterocycles. The minimum atomic E-state index is -5.18. The molecule has 3 nitrogen and oxygen atoms in total. The molecule has 1 N–H and O–H groups in total. The number of halogens is 10. The van der Waals surface area contributed by atoms with E-state index in [1.165, 1.54) is 0 Å². The lowest BCUT2D eigenvalue weighted by molar-refractivity contribution is -0.253. The standard InChI is InChI=1S/C30H19F10NO2/c31-21-9-7-19(8-10-21)28(16-17-4-2-1-3-5-17,20-13-22(32)15-23(14-20)43-30(39,40)27(34)35)41-26(42)18-6-11-25(33)24(12-18)29(36,37)38/h1-15,27H,16H2,(H,41,42). The van der Waals surface area contributed by atoms with Gasteiger partial charge in [0.2, 0.25) is 0 Å². The van der Waals surface area contributed by atoms with Crippen LogP contribution in [0.15, 0.2) is 91.0 Å². The fourth-order valence-corrected chi connectivity index (χ4v) is 4.42. The third-order valence-corrected chi connectivity index (χ3v) is 6.38. The summed E-state index contributed by atoms with van der Waals surface area (Å²) in [6.45, 7) is 0. The number of hydrogen-bond donors (Lipinski definition) is 1. The molecule has 13 heteroatoms. The second-order valence-electron chi connectivity index (χ2n) is 9.36. The fraction of sp³-hybridized carbons (Fsp3) is 0.167. The minimum Gasteiger partial charge on any atom is -0.428 e. The van der Waals surface area contributed by atoms with E-state index in [1.807, 2.05) is 0 Å². The van der Waals surface area contributed by atoms with Gasteiger partial charge in [0.15, 0.2) is 0 Å². The van der Waals surface area contributed by atoms with E-state index in [0.29, 0.717) is 17.7 Å². The molecule has 1 atom stereocenters. The van der Waals surface area contributed by atoms with E-state index in [9.17, 15) is 48.7 Å². The zero-order valence-corrected chi connectivity index (χ0v) is 21.5. The van der Waals surface area contributed by atoms with Crippen LogP contribution in [0.4, 0.5) is 43.9 Å². The lowest BCUT2D eigenvalue weighted by atomic mass is 9.77. The van der Waals surface area contributed by atoms with Crippen LogP contribution in [0.1, 0.15) is 32.6 Å². The third kappa shape index (κ3) is 7.09. The molecule has 43 heavy (non-hydrogen) atoms. The summed E-state index contributed by atoms with van der Waals surface area (Å²) in [6.07, 6.45) is -14.9. The Morgan fingerprint density at radius 1 is 0.744 bits per heavy atom. The number of nitrogens with one attached hydrogen (secondary N) is 1. The monoisotopic (exact) mass is 615 g/mol. The minimum absolute atomic E-state index is 0.0126. The van der Waals surface area contributed by atoms with Crippen LogP contribution in [-0.2, 0) is 18.1 Å². The van der Waals surface area contributed by atoms with Crippen molar-refractivity contribution in [2.24, 2.45) is 0 Å². The van der Waals surface area contributed by atoms with Gasteiger partial charge in [0.05, 0.1) is 11.1 Å². The van der Waals surface area contributed by atoms with Crippen LogP contribution >= 0.6 is 0 Å². The first-order valence-electron chi connectivity index (χ1n) is 12.3. The van der Waals surface area contributed by atoms with E-state index < -0.39 is 64.5 Å². The third-order valence-electron chi connectivity index (χ3n) is 6.38. The smallest absolute Gasteiger partial charge is 0.428 e. The number of carbonyl (C=O) groups excluding carboxylic acids is 1. The van der Waals surface area contributed by atoms with Gasteiger partial charge in [-0.3, -0.25) is 4.79 Å². The van der Waals surface area contributed by atoms with Crippen molar-refractivity contribution in [1.82, 2.24) is 5.32 Å². The van der Waals surface area contributed by atoms with Crippen molar-refractivity contribution in [3.05, 3.63) is 136 Å². The fourth-order valence-electron chi connectivity index (χ4n) is 4.42. The molecule has 4 aromatic rings. The SMILES string of the molecule is O=C(NC(Cc1ccccc1)(c1ccc(F)cc1)c1cc(F)cc(OC(F)(F)C(F)F)c1)c1ccc(F)c(C(F)(F)F)c1. The summed E-state index contributed by atoms with van der Waals surface area (Å²) in [5.74, 6) is -6.01. The van der Waals surface area contributed by atoms with Crippen LogP contribution in [0.3, 0.4) is 0 Å². The summed E-state index contributed by atoms with van der Waals surface area (Å²) in [7, 11) is 0. The molecule has 4 aromatic carbocycles. The van der Waals surface area contributed by atoms with Crippen LogP contribution in [0.25, 0.3) is 0 Å². The van der Waals surface area contributed by atoms with Gasteiger partial charge in [-0.1, -0.05) is 42.5 Å². The molecule has 4 rings (SSSR count). The van der Waals surface area contributed by atoms with Crippen molar-refractivity contribution >= 4 is 5.91 Å². The topological polar surface area (TPSA) is 38.3 Å². The van der Waals surface area contributed by atoms with E-state index in [1.54, 1.807) is 30.3 Å². The molecule has 0 spiro atoms. The first-order valence-corrected chi connectivity index (χ1v) is 12.3. The van der Waals surface area contributed by atoms with Crippen molar-refractivity contribution in [2.75, 3.05) is 0 Å². The average Bonchev–Trinajstić information content (AvgIpc) is 2.92. The van der Waals surface area contributed by atoms with Crippen molar-refractivity contribution < 1.29 is 53.4 Å². The maximum absolute atomic E-state index is 14.9. The van der Waals surface area contributed by atoms with Gasteiger partial charge >= 0.3 is 18.7 Å². The van der Waals surface area contributed by atoms with Crippen molar-refractivity contribution in [1.29, 1.82) is 0 Å². The maximum atomic E-state index is 14.9. The Bertz CT molecular complexity index is 1590. The van der Waals surface area contributed by atoms with E-state index in [4.69, 9.17) is 0 Å². The largest absolute Gasteiger partial charge is 0.461 e. The molecule has 0 aliphatic heterocycles. The number of ether oxygens (including phenoxy) is 1. The molecule has 0 radical (unpaired) electrons. The molecule has 226 valence electrons. The highest BCUT2D eigenvalue weighted by Gasteiger charge is 2.45. The highest BCUT2D eigenvalue weighted by molar-refractivity contribution is 5.95. The maximum Gasteiger partial charge on any atom is 0.461 e. The van der Waals surface area contributed by atoms with Gasteiger partial charge in [0, 0.05) is 18.1 Å². The van der Waals surface area contributed by atoms with Gasteiger partial charge in [-0.05, 0) is 59.2 Å². The number of hydrogen-bond acceptors (Lipinski definition) is 2. The summed E-state index contributed by atoms with van der Waals surface area (Å²) in [6, 6.07) is 15.3. The van der Waals surface area contributed by atoms with Gasteiger partial charge < -0.3 is 10.1 Å². The van der Waals surface area contributed by atoms with Gasteiger partial charge in [-0.15, -0.1) is 0 Å². The summed E-state index contributed by atoms with van der Waals surface area (Å²) < 4.78 is 140. The van der Waals surface area contributed by atoms with Crippen molar-refractivity contribution in [2.45, 2.75) is 30.7 Å². The molecule has 0 aliphatic rings. The van der Waals surface area contributed by atoms with Gasteiger partial charge in [-0.25, -0.2) is 13.2 Å². The molecule has 0 bridgehead atoms. The molecule has 0 saturated carbocycles. The highest BCUT2D eigenvalue weighted by atomic mass is 19.4. The summed E-state index contributed by atoms with van der Waals surface area (Å²) in [5.41, 5.74) is -4.50. The highest BCUT2D eigenvalue weighted by Crippen LogP contribution is 2.39. The Labute approximate surface area is 237 Å². The normalized spacial score (nSPS) is 13.5. The molecule has 0 saturated heterocycles. The molecular weight excluding hydrogens is 596 g/mol. The number of alkyl halides is 7. The Balaban J connectivity index is 1.95. The van der Waals surface area contributed by atoms with Crippen molar-refractivity contribution in [3.8, 4) is 5.75 Å². The lowest BCUT2D eigenvalue weighted by Crippen LogP contribution is -2.48. The van der Waals surface area contributed by atoms with Gasteiger partial charge in [-0.2, -0.15) is 30.7 Å². The molecule has 1 amide bonds. The first kappa shape index (κ1) is 31.4. The van der Waals surface area contributed by atoms with Crippen LogP contribution < -0.4 is 10.1 Å². The second kappa shape index (κ2) is 12.0. The Kier molecular flexibility index (Phi) is 8.74. The number of benzene rings is 4. The van der Waals surface area contributed by atoms with Gasteiger partial charge in [0.25, 0.3) is 5.91 Å². The number of amides is 1. The molecule has 0 fully saturated rings. The lowest BCUT2D eigenvalue weighted by Gasteiger charge is -2.37. The summed E-state index contributed by atoms with van der Waals surface area (Å²) in [4.78, 5) is 13.5. The van der Waals surface area contributed by atoms with Crippen molar-refractivity contribution in [3.63, 3.8) is 0 Å². The first-order chi connectivity index (χ1) is 20.1. The van der Waals surface area contributed by atoms with E-state index in [-0.39, 0.29) is 23.6 Å². The van der Waals surface area contributed by atoms with Crippen LogP contribution in [0.5, 0.6) is 5.75 Å². The second-order valence-corrected chi connectivity index (χ2v) is 9.36. The number of rotatable bonds is 9. The Hall–Kier alpha value is -4.55. The number of carbonyl (C=O) groups is 1. The molecule has 1 unspecified atom stereocenters. The van der Waals surface area contributed by atoms with Gasteiger partial charge in [0.1, 0.15) is 23.2 Å². The van der Waals surface area contributed by atoms with Crippen LogP contribution in [0, 0.1) is 17.5 Å². The van der Waals surface area contributed by atoms with E-state index in [2.05, 4.69) is 10.1 Å². The summed E-state index contributed by atoms with van der Waals surface area (Å²) in [5, 5.41) is 2.48. The van der Waals surface area contributed by atoms with E-state index in [0.717, 1.165) is 42.5 Å². The zero-order chi connectivity index (χ0) is 31.6. The van der Waals surface area contributed by atoms with E-state index >= 15 is 0 Å². The predicted octanol–water partition coefficient (Wildman–Crippen LogP) is 8.28. The predicted molar refractivity (Wildman–Crippen MR) is 134 cm³/mol. The molecule has 0 aliphatic carbocycles. The summed E-state index contributed by atoms with van der Waals surface area (Å²) >= 11 is 0. The Morgan fingerprint density at radius 2 is 1.40 bits per heavy atom. The quantitative estimate of drug-likeness (QED) is 0.193. The molecule has 0 aromatic heterocycles.